The van der Waals surface area contributed by atoms with Gasteiger partial charge in [0.2, 0.25) is 0 Å². The van der Waals surface area contributed by atoms with Crippen molar-refractivity contribution in [3.63, 3.8) is 0 Å². The van der Waals surface area contributed by atoms with Gasteiger partial charge in [-0.1, -0.05) is 24.3 Å². The minimum Gasteiger partial charge on any atom is -0.491 e. The molecule has 30 heavy (non-hydrogen) atoms. The zero-order chi connectivity index (χ0) is 20.1. The summed E-state index contributed by atoms with van der Waals surface area (Å²) in [5.74, 6) is 4.33. The Morgan fingerprint density at radius 3 is 2.47 bits per heavy atom. The van der Waals surface area contributed by atoms with Crippen molar-refractivity contribution in [1.82, 2.24) is 19.0 Å². The number of fused-ring (bicyclic) bond motifs is 2. The number of likely N-dealkylation sites (tertiary alicyclic amines) is 1. The van der Waals surface area contributed by atoms with E-state index >= 15 is 0 Å². The second-order valence-electron chi connectivity index (χ2n) is 8.63. The van der Waals surface area contributed by atoms with E-state index in [1.165, 1.54) is 5.52 Å². The molecule has 0 amide bonds. The minimum atomic E-state index is 0.680. The molecule has 2 unspecified atom stereocenters. The molecule has 6 rings (SSSR count). The monoisotopic (exact) mass is 398 g/mol. The van der Waals surface area contributed by atoms with Gasteiger partial charge in [-0.2, -0.15) is 0 Å². The standard InChI is InChI=1S/C25H26N4O/c1-27-22-9-3-2-8-21(22)26-25(27)16-28-14-18-19(15-28)20(18)17-30-24-11-5-4-10-23(24)29-12-6-7-13-29/h2-13,18-20H,14-17H2,1H3. The van der Waals surface area contributed by atoms with Gasteiger partial charge in [-0.25, -0.2) is 4.98 Å². The number of piperidine rings is 1. The van der Waals surface area contributed by atoms with Gasteiger partial charge in [0, 0.05) is 38.4 Å². The molecule has 0 bridgehead atoms. The third-order valence-corrected chi connectivity index (χ3v) is 6.87. The molecule has 3 heterocycles. The number of hydrogen-bond acceptors (Lipinski definition) is 3. The summed E-state index contributed by atoms with van der Waals surface area (Å²) in [6.45, 7) is 4.05. The van der Waals surface area contributed by atoms with Crippen molar-refractivity contribution in [3.05, 3.63) is 78.9 Å². The van der Waals surface area contributed by atoms with Crippen LogP contribution in [0.5, 0.6) is 5.75 Å². The van der Waals surface area contributed by atoms with Gasteiger partial charge in [-0.3, -0.25) is 4.90 Å². The molecule has 5 heteroatoms. The number of hydrogen-bond donors (Lipinski definition) is 0. The Morgan fingerprint density at radius 2 is 1.67 bits per heavy atom. The number of para-hydroxylation sites is 4. The molecule has 2 aliphatic rings. The van der Waals surface area contributed by atoms with Crippen LogP contribution in [0.1, 0.15) is 5.82 Å². The zero-order valence-electron chi connectivity index (χ0n) is 17.2. The predicted octanol–water partition coefficient (Wildman–Crippen LogP) is 4.12. The van der Waals surface area contributed by atoms with Crippen LogP contribution in [0.4, 0.5) is 0 Å². The summed E-state index contributed by atoms with van der Waals surface area (Å²) in [4.78, 5) is 7.40. The van der Waals surface area contributed by atoms with Gasteiger partial charge < -0.3 is 13.9 Å². The van der Waals surface area contributed by atoms with Crippen molar-refractivity contribution in [3.8, 4) is 11.4 Å². The van der Waals surface area contributed by atoms with E-state index in [1.807, 2.05) is 12.1 Å². The van der Waals surface area contributed by atoms with E-state index in [1.54, 1.807) is 0 Å². The molecule has 5 nitrogen and oxygen atoms in total. The van der Waals surface area contributed by atoms with E-state index in [-0.39, 0.29) is 0 Å². The molecular formula is C25H26N4O. The molecule has 0 spiro atoms. The van der Waals surface area contributed by atoms with Gasteiger partial charge >= 0.3 is 0 Å². The maximum absolute atomic E-state index is 6.28. The van der Waals surface area contributed by atoms with Crippen LogP contribution in [0.25, 0.3) is 16.7 Å². The first-order chi connectivity index (χ1) is 14.8. The fourth-order valence-electron chi connectivity index (χ4n) is 5.12. The first-order valence-corrected chi connectivity index (χ1v) is 10.8. The normalized spacial score (nSPS) is 23.0. The fraction of sp³-hybridized carbons (Fsp3) is 0.320. The van der Waals surface area contributed by atoms with E-state index in [2.05, 4.69) is 82.0 Å². The molecular weight excluding hydrogens is 372 g/mol. The molecule has 0 radical (unpaired) electrons. The molecule has 0 N–H and O–H groups in total. The largest absolute Gasteiger partial charge is 0.491 e. The van der Waals surface area contributed by atoms with Gasteiger partial charge in [0.05, 0.1) is 29.9 Å². The fourth-order valence-corrected chi connectivity index (χ4v) is 5.12. The minimum absolute atomic E-state index is 0.680. The number of nitrogens with zero attached hydrogens (tertiary/aromatic N) is 4. The van der Waals surface area contributed by atoms with Crippen LogP contribution in [0.15, 0.2) is 73.1 Å². The second-order valence-corrected chi connectivity index (χ2v) is 8.63. The van der Waals surface area contributed by atoms with E-state index < -0.39 is 0 Å². The summed E-state index contributed by atoms with van der Waals surface area (Å²) in [5, 5.41) is 0. The van der Waals surface area contributed by atoms with Crippen molar-refractivity contribution in [1.29, 1.82) is 0 Å². The summed E-state index contributed by atoms with van der Waals surface area (Å²) in [5.41, 5.74) is 3.41. The molecule has 152 valence electrons. The maximum Gasteiger partial charge on any atom is 0.143 e. The first kappa shape index (κ1) is 17.8. The second kappa shape index (κ2) is 7.03. The number of rotatable bonds is 6. The predicted molar refractivity (Wildman–Crippen MR) is 118 cm³/mol. The number of ether oxygens (including phenoxy) is 1. The quantitative estimate of drug-likeness (QED) is 0.490. The number of aromatic nitrogens is 3. The number of aryl methyl sites for hydroxylation is 1. The molecule has 2 atom stereocenters. The summed E-state index contributed by atoms with van der Waals surface area (Å²) in [6, 6.07) is 20.8. The third-order valence-electron chi connectivity index (χ3n) is 6.87. The summed E-state index contributed by atoms with van der Waals surface area (Å²) in [7, 11) is 2.13. The van der Waals surface area contributed by atoms with Crippen LogP contribution in [-0.2, 0) is 13.6 Å². The van der Waals surface area contributed by atoms with E-state index in [0.29, 0.717) is 5.92 Å². The Hall–Kier alpha value is -3.05. The van der Waals surface area contributed by atoms with E-state index in [0.717, 1.165) is 60.9 Å². The maximum atomic E-state index is 6.28. The van der Waals surface area contributed by atoms with Crippen molar-refractivity contribution >= 4 is 11.0 Å². The highest BCUT2D eigenvalue weighted by Crippen LogP contribution is 2.52. The lowest BCUT2D eigenvalue weighted by atomic mass is 10.2. The molecule has 1 saturated heterocycles. The molecule has 1 aliphatic heterocycles. The van der Waals surface area contributed by atoms with Gasteiger partial charge in [0.25, 0.3) is 0 Å². The van der Waals surface area contributed by atoms with E-state index in [4.69, 9.17) is 9.72 Å². The Kier molecular flexibility index (Phi) is 4.16. The van der Waals surface area contributed by atoms with Crippen molar-refractivity contribution in [2.24, 2.45) is 24.8 Å². The summed E-state index contributed by atoms with van der Waals surface area (Å²) in [6.07, 6.45) is 4.12. The highest BCUT2D eigenvalue weighted by atomic mass is 16.5. The summed E-state index contributed by atoms with van der Waals surface area (Å²) < 4.78 is 10.6. The highest BCUT2D eigenvalue weighted by molar-refractivity contribution is 5.75. The smallest absolute Gasteiger partial charge is 0.143 e. The Bertz CT molecular complexity index is 1170. The Balaban J connectivity index is 1.07. The Morgan fingerprint density at radius 1 is 0.933 bits per heavy atom. The van der Waals surface area contributed by atoms with E-state index in [9.17, 15) is 0 Å². The number of benzene rings is 2. The molecule has 2 fully saturated rings. The van der Waals surface area contributed by atoms with Crippen molar-refractivity contribution < 1.29 is 4.74 Å². The lowest BCUT2D eigenvalue weighted by Gasteiger charge is -2.19. The van der Waals surface area contributed by atoms with Crippen LogP contribution >= 0.6 is 0 Å². The molecule has 2 aromatic carbocycles. The van der Waals surface area contributed by atoms with Crippen molar-refractivity contribution in [2.45, 2.75) is 6.54 Å². The highest BCUT2D eigenvalue weighted by Gasteiger charge is 2.55. The lowest BCUT2D eigenvalue weighted by molar-refractivity contribution is 0.226. The van der Waals surface area contributed by atoms with Gasteiger partial charge in [-0.15, -0.1) is 0 Å². The van der Waals surface area contributed by atoms with Gasteiger partial charge in [0.15, 0.2) is 0 Å². The van der Waals surface area contributed by atoms with Gasteiger partial charge in [-0.05, 0) is 48.2 Å². The third kappa shape index (κ3) is 3.01. The molecule has 1 aliphatic carbocycles. The average molecular weight is 399 g/mol. The zero-order valence-corrected chi connectivity index (χ0v) is 17.2. The van der Waals surface area contributed by atoms with Gasteiger partial charge in [0.1, 0.15) is 11.6 Å². The van der Waals surface area contributed by atoms with Crippen LogP contribution in [-0.4, -0.2) is 38.7 Å². The molecule has 4 aromatic rings. The lowest BCUT2D eigenvalue weighted by Crippen LogP contribution is -2.26. The molecule has 2 aromatic heterocycles. The summed E-state index contributed by atoms with van der Waals surface area (Å²) >= 11 is 0. The van der Waals surface area contributed by atoms with Crippen LogP contribution in [0.2, 0.25) is 0 Å². The number of imidazole rings is 1. The topological polar surface area (TPSA) is 35.2 Å². The SMILES string of the molecule is Cn1c(CN2CC3C(COc4ccccc4-n4cccc4)C3C2)nc2ccccc21. The Labute approximate surface area is 176 Å². The average Bonchev–Trinajstić information content (AvgIpc) is 3.23. The van der Waals surface area contributed by atoms with Crippen LogP contribution in [0, 0.1) is 17.8 Å². The van der Waals surface area contributed by atoms with Crippen LogP contribution < -0.4 is 4.74 Å². The van der Waals surface area contributed by atoms with Crippen LogP contribution in [0.3, 0.4) is 0 Å². The first-order valence-electron chi connectivity index (χ1n) is 10.8. The molecule has 1 saturated carbocycles. The van der Waals surface area contributed by atoms with Crippen molar-refractivity contribution in [2.75, 3.05) is 19.7 Å².